The molecule has 0 radical (unpaired) electrons. The SMILES string of the molecule is Cc1c(CN2CCc3ccccc3C2)ccn1Cc1cccc(F)c1. The van der Waals surface area contributed by atoms with Crippen molar-refractivity contribution in [3.05, 3.63) is 94.6 Å². The second-order valence-electron chi connectivity index (χ2n) is 6.91. The molecule has 2 aromatic carbocycles. The molecule has 0 atom stereocenters. The topological polar surface area (TPSA) is 8.17 Å². The van der Waals surface area contributed by atoms with E-state index >= 15 is 0 Å². The maximum atomic E-state index is 13.4. The lowest BCUT2D eigenvalue weighted by atomic mass is 9.99. The quantitative estimate of drug-likeness (QED) is 0.680. The van der Waals surface area contributed by atoms with Crippen molar-refractivity contribution in [2.75, 3.05) is 6.54 Å². The monoisotopic (exact) mass is 334 g/mol. The molecule has 0 N–H and O–H groups in total. The second kappa shape index (κ2) is 6.85. The molecule has 2 nitrogen and oxygen atoms in total. The molecule has 0 aliphatic carbocycles. The van der Waals surface area contributed by atoms with Crippen LogP contribution < -0.4 is 0 Å². The smallest absolute Gasteiger partial charge is 0.123 e. The summed E-state index contributed by atoms with van der Waals surface area (Å²) in [6.45, 7) is 5.96. The van der Waals surface area contributed by atoms with Crippen molar-refractivity contribution in [1.29, 1.82) is 0 Å². The van der Waals surface area contributed by atoms with Gasteiger partial charge in [0.05, 0.1) is 0 Å². The molecular formula is C22H23FN2. The van der Waals surface area contributed by atoms with Gasteiger partial charge in [0, 0.05) is 38.1 Å². The third-order valence-corrected chi connectivity index (χ3v) is 5.20. The van der Waals surface area contributed by atoms with Crippen molar-refractivity contribution in [2.24, 2.45) is 0 Å². The van der Waals surface area contributed by atoms with Crippen LogP contribution in [0.4, 0.5) is 4.39 Å². The van der Waals surface area contributed by atoms with Crippen molar-refractivity contribution in [3.8, 4) is 0 Å². The summed E-state index contributed by atoms with van der Waals surface area (Å²) >= 11 is 0. The molecule has 0 saturated carbocycles. The van der Waals surface area contributed by atoms with E-state index in [0.29, 0.717) is 6.54 Å². The Bertz CT molecular complexity index is 881. The van der Waals surface area contributed by atoms with E-state index in [-0.39, 0.29) is 5.82 Å². The molecule has 1 aliphatic rings. The summed E-state index contributed by atoms with van der Waals surface area (Å²) in [4.78, 5) is 2.51. The van der Waals surface area contributed by atoms with Gasteiger partial charge in [0.1, 0.15) is 5.82 Å². The van der Waals surface area contributed by atoms with Gasteiger partial charge in [0.2, 0.25) is 0 Å². The first-order chi connectivity index (χ1) is 12.2. The molecule has 1 aromatic heterocycles. The zero-order valence-corrected chi connectivity index (χ0v) is 14.6. The van der Waals surface area contributed by atoms with Crippen molar-refractivity contribution < 1.29 is 4.39 Å². The molecule has 2 heterocycles. The number of hydrogen-bond donors (Lipinski definition) is 0. The van der Waals surface area contributed by atoms with Gasteiger partial charge in [-0.2, -0.15) is 0 Å². The Kier molecular flexibility index (Phi) is 4.41. The second-order valence-corrected chi connectivity index (χ2v) is 6.91. The predicted molar refractivity (Wildman–Crippen MR) is 98.9 cm³/mol. The van der Waals surface area contributed by atoms with Crippen LogP contribution in [0.5, 0.6) is 0 Å². The van der Waals surface area contributed by atoms with Gasteiger partial charge in [-0.15, -0.1) is 0 Å². The normalized spacial score (nSPS) is 14.5. The Hall–Kier alpha value is -2.39. The third-order valence-electron chi connectivity index (χ3n) is 5.20. The Labute approximate surface area is 148 Å². The molecular weight excluding hydrogens is 311 g/mol. The number of rotatable bonds is 4. The first kappa shape index (κ1) is 16.1. The van der Waals surface area contributed by atoms with E-state index in [1.54, 1.807) is 12.1 Å². The number of aromatic nitrogens is 1. The molecule has 4 rings (SSSR count). The minimum Gasteiger partial charge on any atom is -0.347 e. The third kappa shape index (κ3) is 3.52. The Morgan fingerprint density at radius 1 is 0.960 bits per heavy atom. The Morgan fingerprint density at radius 2 is 1.80 bits per heavy atom. The van der Waals surface area contributed by atoms with Crippen molar-refractivity contribution >= 4 is 0 Å². The summed E-state index contributed by atoms with van der Waals surface area (Å²) in [7, 11) is 0. The molecule has 0 unspecified atom stereocenters. The fourth-order valence-electron chi connectivity index (χ4n) is 3.70. The maximum Gasteiger partial charge on any atom is 0.123 e. The minimum atomic E-state index is -0.172. The van der Waals surface area contributed by atoms with Gasteiger partial charge in [0.25, 0.3) is 0 Å². The zero-order chi connectivity index (χ0) is 17.2. The largest absolute Gasteiger partial charge is 0.347 e. The van der Waals surface area contributed by atoms with Gasteiger partial charge in [-0.3, -0.25) is 4.90 Å². The van der Waals surface area contributed by atoms with Crippen LogP contribution in [0, 0.1) is 12.7 Å². The number of nitrogens with zero attached hydrogens (tertiary/aromatic N) is 2. The number of halogens is 1. The lowest BCUT2D eigenvalue weighted by Gasteiger charge is -2.28. The van der Waals surface area contributed by atoms with Gasteiger partial charge in [-0.25, -0.2) is 4.39 Å². The minimum absolute atomic E-state index is 0.172. The van der Waals surface area contributed by atoms with Crippen LogP contribution >= 0.6 is 0 Å². The number of hydrogen-bond acceptors (Lipinski definition) is 1. The maximum absolute atomic E-state index is 13.4. The van der Waals surface area contributed by atoms with Gasteiger partial charge >= 0.3 is 0 Å². The molecule has 0 bridgehead atoms. The Morgan fingerprint density at radius 3 is 2.64 bits per heavy atom. The summed E-state index contributed by atoms with van der Waals surface area (Å²) in [6, 6.07) is 17.8. The summed E-state index contributed by atoms with van der Waals surface area (Å²) < 4.78 is 15.6. The van der Waals surface area contributed by atoms with Crippen molar-refractivity contribution in [1.82, 2.24) is 9.47 Å². The van der Waals surface area contributed by atoms with Crippen molar-refractivity contribution in [3.63, 3.8) is 0 Å². The van der Waals surface area contributed by atoms with Crippen LogP contribution in [0.1, 0.15) is 27.9 Å². The van der Waals surface area contributed by atoms with E-state index in [4.69, 9.17) is 0 Å². The fourth-order valence-corrected chi connectivity index (χ4v) is 3.70. The van der Waals surface area contributed by atoms with Crippen LogP contribution in [0.3, 0.4) is 0 Å². The first-order valence-corrected chi connectivity index (χ1v) is 8.87. The van der Waals surface area contributed by atoms with Gasteiger partial charge in [-0.1, -0.05) is 36.4 Å². The molecule has 128 valence electrons. The lowest BCUT2D eigenvalue weighted by Crippen LogP contribution is -2.30. The first-order valence-electron chi connectivity index (χ1n) is 8.87. The van der Waals surface area contributed by atoms with E-state index < -0.39 is 0 Å². The van der Waals surface area contributed by atoms with Gasteiger partial charge < -0.3 is 4.57 Å². The van der Waals surface area contributed by atoms with Crippen LogP contribution in [0.25, 0.3) is 0 Å². The van der Waals surface area contributed by atoms with Crippen LogP contribution in [-0.4, -0.2) is 16.0 Å². The summed E-state index contributed by atoms with van der Waals surface area (Å²) in [6.07, 6.45) is 3.24. The average Bonchev–Trinajstić information content (AvgIpc) is 2.95. The van der Waals surface area contributed by atoms with Crippen LogP contribution in [0.2, 0.25) is 0 Å². The molecule has 0 amide bonds. The number of fused-ring (bicyclic) bond motifs is 1. The molecule has 1 aliphatic heterocycles. The van der Waals surface area contributed by atoms with Crippen LogP contribution in [-0.2, 0) is 26.1 Å². The molecule has 25 heavy (non-hydrogen) atoms. The summed E-state index contributed by atoms with van der Waals surface area (Å²) in [5, 5.41) is 0. The highest BCUT2D eigenvalue weighted by atomic mass is 19.1. The molecule has 3 heteroatoms. The van der Waals surface area contributed by atoms with E-state index in [9.17, 15) is 4.39 Å². The average molecular weight is 334 g/mol. The van der Waals surface area contributed by atoms with E-state index in [0.717, 1.165) is 31.6 Å². The zero-order valence-electron chi connectivity index (χ0n) is 14.6. The summed E-state index contributed by atoms with van der Waals surface area (Å²) in [5.74, 6) is -0.172. The fraction of sp³-hybridized carbons (Fsp3) is 0.273. The van der Waals surface area contributed by atoms with E-state index in [1.165, 1.54) is 28.5 Å². The highest BCUT2D eigenvalue weighted by Gasteiger charge is 2.17. The number of benzene rings is 2. The molecule has 0 fully saturated rings. The van der Waals surface area contributed by atoms with E-state index in [2.05, 4.69) is 52.9 Å². The van der Waals surface area contributed by atoms with Gasteiger partial charge in [-0.05, 0) is 53.8 Å². The van der Waals surface area contributed by atoms with Crippen molar-refractivity contribution in [2.45, 2.75) is 33.0 Å². The standard InChI is InChI=1S/C22H23FN2/c1-17-20(10-12-25(17)14-18-5-4-8-22(23)13-18)15-24-11-9-19-6-2-3-7-21(19)16-24/h2-8,10,12-13H,9,11,14-16H2,1H3. The highest BCUT2D eigenvalue weighted by Crippen LogP contribution is 2.22. The molecule has 3 aromatic rings. The molecule has 0 spiro atoms. The lowest BCUT2D eigenvalue weighted by molar-refractivity contribution is 0.245. The van der Waals surface area contributed by atoms with E-state index in [1.807, 2.05) is 6.07 Å². The van der Waals surface area contributed by atoms with Gasteiger partial charge in [0.15, 0.2) is 0 Å². The predicted octanol–water partition coefficient (Wildman–Crippen LogP) is 4.54. The highest BCUT2D eigenvalue weighted by molar-refractivity contribution is 5.30. The van der Waals surface area contributed by atoms with Crippen LogP contribution in [0.15, 0.2) is 60.8 Å². The summed E-state index contributed by atoms with van der Waals surface area (Å²) in [5.41, 5.74) is 6.56. The molecule has 0 saturated heterocycles. The Balaban J connectivity index is 1.47.